The van der Waals surface area contributed by atoms with E-state index in [0.717, 1.165) is 32.1 Å². The number of allylic oxidation sites excluding steroid dienone is 3. The summed E-state index contributed by atoms with van der Waals surface area (Å²) in [4.78, 5) is 0. The number of aliphatic hydroxyl groups is 1. The fraction of sp³-hybridized carbons (Fsp3) is 0.733. The summed E-state index contributed by atoms with van der Waals surface area (Å²) < 4.78 is 0. The van der Waals surface area contributed by atoms with Gasteiger partial charge in [0.25, 0.3) is 0 Å². The van der Waals surface area contributed by atoms with E-state index < -0.39 is 5.60 Å². The fourth-order valence-corrected chi connectivity index (χ4v) is 1.91. The molecule has 0 aliphatic carbocycles. The van der Waals surface area contributed by atoms with Crippen LogP contribution in [0.1, 0.15) is 65.7 Å². The first-order chi connectivity index (χ1) is 7.52. The molecule has 0 aliphatic heterocycles. The SMILES string of the molecule is C=CC=C(C)CCCC(C)(O)CCCCC. The Morgan fingerprint density at radius 1 is 1.25 bits per heavy atom. The molecule has 0 aromatic carbocycles. The summed E-state index contributed by atoms with van der Waals surface area (Å²) in [5, 5.41) is 10.1. The third-order valence-corrected chi connectivity index (χ3v) is 3.01. The van der Waals surface area contributed by atoms with Gasteiger partial charge in [-0.15, -0.1) is 0 Å². The van der Waals surface area contributed by atoms with Gasteiger partial charge in [0.1, 0.15) is 0 Å². The van der Waals surface area contributed by atoms with E-state index in [4.69, 9.17) is 0 Å². The van der Waals surface area contributed by atoms with Gasteiger partial charge in [-0.25, -0.2) is 0 Å². The Morgan fingerprint density at radius 3 is 2.44 bits per heavy atom. The van der Waals surface area contributed by atoms with E-state index in [1.54, 1.807) is 0 Å². The minimum Gasteiger partial charge on any atom is -0.390 e. The lowest BCUT2D eigenvalue weighted by molar-refractivity contribution is 0.0375. The molecule has 16 heavy (non-hydrogen) atoms. The highest BCUT2D eigenvalue weighted by molar-refractivity contribution is 5.07. The van der Waals surface area contributed by atoms with Crippen LogP contribution in [0.25, 0.3) is 0 Å². The van der Waals surface area contributed by atoms with E-state index in [1.165, 1.54) is 18.4 Å². The molecule has 1 heteroatoms. The molecule has 0 rings (SSSR count). The van der Waals surface area contributed by atoms with Crippen LogP contribution in [-0.4, -0.2) is 10.7 Å². The molecule has 0 radical (unpaired) electrons. The topological polar surface area (TPSA) is 20.2 Å². The van der Waals surface area contributed by atoms with Gasteiger partial charge in [-0.3, -0.25) is 0 Å². The highest BCUT2D eigenvalue weighted by Gasteiger charge is 2.18. The van der Waals surface area contributed by atoms with Crippen molar-refractivity contribution < 1.29 is 5.11 Å². The van der Waals surface area contributed by atoms with Crippen LogP contribution in [0.3, 0.4) is 0 Å². The zero-order valence-electron chi connectivity index (χ0n) is 11.3. The molecule has 1 N–H and O–H groups in total. The van der Waals surface area contributed by atoms with Gasteiger partial charge in [0.05, 0.1) is 5.60 Å². The minimum absolute atomic E-state index is 0.469. The molecule has 1 unspecified atom stereocenters. The number of rotatable bonds is 9. The van der Waals surface area contributed by atoms with Crippen molar-refractivity contribution in [3.63, 3.8) is 0 Å². The smallest absolute Gasteiger partial charge is 0.0619 e. The molecule has 0 aromatic heterocycles. The second-order valence-corrected chi connectivity index (χ2v) is 5.06. The van der Waals surface area contributed by atoms with E-state index in [-0.39, 0.29) is 0 Å². The quantitative estimate of drug-likeness (QED) is 0.447. The maximum Gasteiger partial charge on any atom is 0.0619 e. The number of hydrogen-bond acceptors (Lipinski definition) is 1. The average Bonchev–Trinajstić information content (AvgIpc) is 2.18. The van der Waals surface area contributed by atoms with Crippen molar-refractivity contribution in [1.82, 2.24) is 0 Å². The van der Waals surface area contributed by atoms with Crippen LogP contribution in [0, 0.1) is 0 Å². The molecule has 0 heterocycles. The summed E-state index contributed by atoms with van der Waals surface area (Å²) in [6, 6.07) is 0. The van der Waals surface area contributed by atoms with Gasteiger partial charge >= 0.3 is 0 Å². The largest absolute Gasteiger partial charge is 0.390 e. The van der Waals surface area contributed by atoms with Gasteiger partial charge in [-0.05, 0) is 39.5 Å². The molecule has 0 spiro atoms. The molecule has 0 saturated heterocycles. The van der Waals surface area contributed by atoms with Crippen LogP contribution in [0.15, 0.2) is 24.3 Å². The third-order valence-electron chi connectivity index (χ3n) is 3.01. The molecule has 0 amide bonds. The third kappa shape index (κ3) is 8.72. The Morgan fingerprint density at radius 2 is 1.88 bits per heavy atom. The molecular formula is C15H28O. The molecule has 1 nitrogen and oxygen atoms in total. The van der Waals surface area contributed by atoms with Gasteiger partial charge in [0.2, 0.25) is 0 Å². The molecular weight excluding hydrogens is 196 g/mol. The van der Waals surface area contributed by atoms with E-state index in [2.05, 4.69) is 20.4 Å². The van der Waals surface area contributed by atoms with Crippen LogP contribution >= 0.6 is 0 Å². The normalized spacial score (nSPS) is 15.9. The van der Waals surface area contributed by atoms with Crippen LogP contribution < -0.4 is 0 Å². The van der Waals surface area contributed by atoms with Gasteiger partial charge < -0.3 is 5.11 Å². The summed E-state index contributed by atoms with van der Waals surface area (Å²) in [7, 11) is 0. The maximum absolute atomic E-state index is 10.1. The summed E-state index contributed by atoms with van der Waals surface area (Å²) in [5.74, 6) is 0. The second kappa shape index (κ2) is 8.58. The second-order valence-electron chi connectivity index (χ2n) is 5.06. The zero-order valence-corrected chi connectivity index (χ0v) is 11.3. The maximum atomic E-state index is 10.1. The van der Waals surface area contributed by atoms with Crippen LogP contribution in [0.2, 0.25) is 0 Å². The summed E-state index contributed by atoms with van der Waals surface area (Å²) in [5.41, 5.74) is 0.878. The van der Waals surface area contributed by atoms with E-state index >= 15 is 0 Å². The molecule has 0 aromatic rings. The van der Waals surface area contributed by atoms with Crippen molar-refractivity contribution in [3.05, 3.63) is 24.3 Å². The Balaban J connectivity index is 3.72. The lowest BCUT2D eigenvalue weighted by Gasteiger charge is -2.23. The van der Waals surface area contributed by atoms with Crippen molar-refractivity contribution >= 4 is 0 Å². The summed E-state index contributed by atoms with van der Waals surface area (Å²) in [6.07, 6.45) is 11.4. The summed E-state index contributed by atoms with van der Waals surface area (Å²) in [6.45, 7) is 9.96. The zero-order chi connectivity index (χ0) is 12.4. The molecule has 0 aliphatic rings. The highest BCUT2D eigenvalue weighted by atomic mass is 16.3. The minimum atomic E-state index is -0.469. The molecule has 0 bridgehead atoms. The van der Waals surface area contributed by atoms with Crippen molar-refractivity contribution in [2.24, 2.45) is 0 Å². The summed E-state index contributed by atoms with van der Waals surface area (Å²) >= 11 is 0. The average molecular weight is 224 g/mol. The molecule has 94 valence electrons. The molecule has 1 atom stereocenters. The Labute approximate surface area is 101 Å². The predicted molar refractivity (Wildman–Crippen MR) is 72.6 cm³/mol. The first kappa shape index (κ1) is 15.4. The lowest BCUT2D eigenvalue weighted by Crippen LogP contribution is -2.23. The van der Waals surface area contributed by atoms with Crippen molar-refractivity contribution in [2.45, 2.75) is 71.3 Å². The van der Waals surface area contributed by atoms with Crippen molar-refractivity contribution in [3.8, 4) is 0 Å². The first-order valence-electron chi connectivity index (χ1n) is 6.52. The van der Waals surface area contributed by atoms with Crippen LogP contribution in [0.5, 0.6) is 0 Å². The molecule has 0 fully saturated rings. The van der Waals surface area contributed by atoms with Gasteiger partial charge in [0, 0.05) is 0 Å². The van der Waals surface area contributed by atoms with Crippen molar-refractivity contribution in [1.29, 1.82) is 0 Å². The van der Waals surface area contributed by atoms with Crippen molar-refractivity contribution in [2.75, 3.05) is 0 Å². The highest BCUT2D eigenvalue weighted by Crippen LogP contribution is 2.22. The van der Waals surface area contributed by atoms with E-state index in [9.17, 15) is 5.11 Å². The number of unbranched alkanes of at least 4 members (excludes halogenated alkanes) is 2. The predicted octanol–water partition coefficient (Wildman–Crippen LogP) is 4.62. The van der Waals surface area contributed by atoms with Crippen LogP contribution in [0.4, 0.5) is 0 Å². The number of hydrogen-bond donors (Lipinski definition) is 1. The Kier molecular flexibility index (Phi) is 8.28. The first-order valence-corrected chi connectivity index (χ1v) is 6.52. The van der Waals surface area contributed by atoms with Crippen LogP contribution in [-0.2, 0) is 0 Å². The van der Waals surface area contributed by atoms with Gasteiger partial charge in [0.15, 0.2) is 0 Å². The van der Waals surface area contributed by atoms with E-state index in [0.29, 0.717) is 0 Å². The van der Waals surface area contributed by atoms with Gasteiger partial charge in [-0.1, -0.05) is 50.5 Å². The molecule has 0 saturated carbocycles. The Hall–Kier alpha value is -0.560. The van der Waals surface area contributed by atoms with Gasteiger partial charge in [-0.2, -0.15) is 0 Å². The van der Waals surface area contributed by atoms with E-state index in [1.807, 2.05) is 19.1 Å². The Bertz CT molecular complexity index is 213. The standard InChI is InChI=1S/C15H28O/c1-5-7-8-12-15(4,16)13-9-11-14(3)10-6-2/h6,10,16H,2,5,7-9,11-13H2,1,3-4H3. The monoisotopic (exact) mass is 224 g/mol. The lowest BCUT2D eigenvalue weighted by atomic mass is 9.91. The fourth-order valence-electron chi connectivity index (χ4n) is 1.91.